The maximum Gasteiger partial charge on any atom is 0.0804 e. The Balaban J connectivity index is 1.63. The predicted molar refractivity (Wildman–Crippen MR) is 80.6 cm³/mol. The van der Waals surface area contributed by atoms with E-state index in [1.807, 2.05) is 12.3 Å². The van der Waals surface area contributed by atoms with Crippen LogP contribution in [0, 0.1) is 5.92 Å². The summed E-state index contributed by atoms with van der Waals surface area (Å²) >= 11 is 0. The molecule has 1 aromatic carbocycles. The Kier molecular flexibility index (Phi) is 2.77. The molecule has 2 aliphatic rings. The monoisotopic (exact) mass is 269 g/mol. The van der Waals surface area contributed by atoms with Crippen LogP contribution in [-0.2, 0) is 4.74 Å². The maximum absolute atomic E-state index is 6.30. The van der Waals surface area contributed by atoms with Crippen LogP contribution in [-0.4, -0.2) is 23.7 Å². The molecular formula is C16H19N3O. The van der Waals surface area contributed by atoms with Crippen molar-refractivity contribution in [2.24, 2.45) is 5.92 Å². The van der Waals surface area contributed by atoms with Crippen LogP contribution in [0.4, 0.5) is 11.4 Å². The van der Waals surface area contributed by atoms with Crippen molar-refractivity contribution in [2.45, 2.75) is 31.4 Å². The second-order valence-corrected chi connectivity index (χ2v) is 5.84. The molecule has 2 fully saturated rings. The molecule has 2 atom stereocenters. The van der Waals surface area contributed by atoms with Crippen LogP contribution in [0.25, 0.3) is 10.8 Å². The zero-order chi connectivity index (χ0) is 13.5. The number of anilines is 2. The SMILES string of the molecule is Nc1c(NC2CCOC2C2CC2)ccc2cnccc12. The van der Waals surface area contributed by atoms with Gasteiger partial charge in [0.05, 0.1) is 23.5 Å². The summed E-state index contributed by atoms with van der Waals surface area (Å²) in [6.45, 7) is 0.857. The Labute approximate surface area is 118 Å². The summed E-state index contributed by atoms with van der Waals surface area (Å²) in [5.41, 5.74) is 8.13. The summed E-state index contributed by atoms with van der Waals surface area (Å²) in [7, 11) is 0. The number of nitrogens with one attached hydrogen (secondary N) is 1. The minimum absolute atomic E-state index is 0.363. The number of aromatic nitrogens is 1. The lowest BCUT2D eigenvalue weighted by molar-refractivity contribution is 0.0898. The van der Waals surface area contributed by atoms with Crippen LogP contribution in [0.2, 0.25) is 0 Å². The topological polar surface area (TPSA) is 60.2 Å². The average molecular weight is 269 g/mol. The molecule has 0 radical (unpaired) electrons. The molecule has 104 valence electrons. The van der Waals surface area contributed by atoms with Gasteiger partial charge in [-0.15, -0.1) is 0 Å². The Morgan fingerprint density at radius 1 is 1.20 bits per heavy atom. The molecule has 2 heterocycles. The quantitative estimate of drug-likeness (QED) is 0.841. The minimum Gasteiger partial charge on any atom is -0.397 e. The van der Waals surface area contributed by atoms with Gasteiger partial charge in [0.1, 0.15) is 0 Å². The van der Waals surface area contributed by atoms with Crippen LogP contribution in [0.5, 0.6) is 0 Å². The third-order valence-corrected chi connectivity index (χ3v) is 4.43. The normalized spacial score (nSPS) is 26.0. The first kappa shape index (κ1) is 12.0. The summed E-state index contributed by atoms with van der Waals surface area (Å²) in [5.74, 6) is 0.751. The van der Waals surface area contributed by atoms with Crippen molar-refractivity contribution in [3.63, 3.8) is 0 Å². The lowest BCUT2D eigenvalue weighted by Crippen LogP contribution is -2.31. The van der Waals surface area contributed by atoms with Gasteiger partial charge in [-0.05, 0) is 37.3 Å². The highest BCUT2D eigenvalue weighted by atomic mass is 16.5. The zero-order valence-corrected chi connectivity index (χ0v) is 11.4. The standard InChI is InChI=1S/C16H19N3O/c17-15-12-5-7-18-9-11(12)3-4-13(15)19-14-6-8-20-16(14)10-1-2-10/h3-5,7,9-10,14,16,19H,1-2,6,8,17H2. The van der Waals surface area contributed by atoms with Gasteiger partial charge in [-0.2, -0.15) is 0 Å². The molecule has 0 bridgehead atoms. The van der Waals surface area contributed by atoms with E-state index in [9.17, 15) is 0 Å². The van der Waals surface area contributed by atoms with Crippen molar-refractivity contribution in [3.05, 3.63) is 30.6 Å². The van der Waals surface area contributed by atoms with Crippen molar-refractivity contribution in [1.29, 1.82) is 0 Å². The number of nitrogen functional groups attached to an aromatic ring is 1. The molecule has 1 aliphatic heterocycles. The van der Waals surface area contributed by atoms with E-state index >= 15 is 0 Å². The number of pyridine rings is 1. The molecule has 1 aromatic heterocycles. The second kappa shape index (κ2) is 4.63. The van der Waals surface area contributed by atoms with E-state index in [0.29, 0.717) is 12.1 Å². The van der Waals surface area contributed by atoms with E-state index in [1.165, 1.54) is 12.8 Å². The number of hydrogen-bond donors (Lipinski definition) is 2. The van der Waals surface area contributed by atoms with E-state index in [0.717, 1.165) is 41.1 Å². The summed E-state index contributed by atoms with van der Waals surface area (Å²) in [5, 5.41) is 5.74. The number of ether oxygens (including phenoxy) is 1. The molecule has 4 heteroatoms. The molecule has 2 unspecified atom stereocenters. The first-order chi connectivity index (χ1) is 9.83. The van der Waals surface area contributed by atoms with Crippen LogP contribution >= 0.6 is 0 Å². The summed E-state index contributed by atoms with van der Waals surface area (Å²) in [4.78, 5) is 4.13. The van der Waals surface area contributed by atoms with Gasteiger partial charge < -0.3 is 15.8 Å². The highest BCUT2D eigenvalue weighted by Gasteiger charge is 2.40. The van der Waals surface area contributed by atoms with Crippen molar-refractivity contribution in [1.82, 2.24) is 4.98 Å². The largest absolute Gasteiger partial charge is 0.397 e. The number of rotatable bonds is 3. The number of benzene rings is 1. The van der Waals surface area contributed by atoms with Gasteiger partial charge in [0.15, 0.2) is 0 Å². The van der Waals surface area contributed by atoms with Crippen LogP contribution < -0.4 is 11.1 Å². The van der Waals surface area contributed by atoms with Gasteiger partial charge in [-0.3, -0.25) is 4.98 Å². The average Bonchev–Trinajstić information content (AvgIpc) is 3.22. The number of hydrogen-bond acceptors (Lipinski definition) is 4. The predicted octanol–water partition coefficient (Wildman–Crippen LogP) is 2.80. The molecule has 4 nitrogen and oxygen atoms in total. The summed E-state index contributed by atoms with van der Waals surface area (Å²) < 4.78 is 5.88. The van der Waals surface area contributed by atoms with Crippen molar-refractivity contribution in [2.75, 3.05) is 17.7 Å². The lowest BCUT2D eigenvalue weighted by Gasteiger charge is -2.22. The van der Waals surface area contributed by atoms with E-state index < -0.39 is 0 Å². The highest BCUT2D eigenvalue weighted by molar-refractivity contribution is 5.98. The smallest absolute Gasteiger partial charge is 0.0804 e. The summed E-state index contributed by atoms with van der Waals surface area (Å²) in [6.07, 6.45) is 7.68. The number of fused-ring (bicyclic) bond motifs is 1. The molecule has 2 aromatic rings. The third-order valence-electron chi connectivity index (χ3n) is 4.43. The molecule has 0 spiro atoms. The van der Waals surface area contributed by atoms with E-state index in [4.69, 9.17) is 10.5 Å². The Morgan fingerprint density at radius 3 is 2.95 bits per heavy atom. The molecule has 1 aliphatic carbocycles. The third kappa shape index (κ3) is 2.00. The first-order valence-corrected chi connectivity index (χ1v) is 7.33. The summed E-state index contributed by atoms with van der Waals surface area (Å²) in [6, 6.07) is 6.49. The van der Waals surface area contributed by atoms with E-state index in [-0.39, 0.29) is 0 Å². The first-order valence-electron chi connectivity index (χ1n) is 7.33. The van der Waals surface area contributed by atoms with Crippen LogP contribution in [0.1, 0.15) is 19.3 Å². The maximum atomic E-state index is 6.30. The molecule has 20 heavy (non-hydrogen) atoms. The molecular weight excluding hydrogens is 250 g/mol. The highest BCUT2D eigenvalue weighted by Crippen LogP contribution is 2.40. The second-order valence-electron chi connectivity index (χ2n) is 5.84. The number of nitrogens with zero attached hydrogens (tertiary/aromatic N) is 1. The Morgan fingerprint density at radius 2 is 2.10 bits per heavy atom. The van der Waals surface area contributed by atoms with Gasteiger partial charge in [0.2, 0.25) is 0 Å². The van der Waals surface area contributed by atoms with Gasteiger partial charge in [-0.1, -0.05) is 6.07 Å². The van der Waals surface area contributed by atoms with Gasteiger partial charge in [0, 0.05) is 29.8 Å². The van der Waals surface area contributed by atoms with Crippen molar-refractivity contribution < 1.29 is 4.74 Å². The molecule has 3 N–H and O–H groups in total. The van der Waals surface area contributed by atoms with Crippen LogP contribution in [0.3, 0.4) is 0 Å². The van der Waals surface area contributed by atoms with Crippen molar-refractivity contribution in [3.8, 4) is 0 Å². The number of nitrogens with two attached hydrogens (primary N) is 1. The zero-order valence-electron chi connectivity index (χ0n) is 11.4. The Bertz CT molecular complexity index is 639. The molecule has 0 amide bonds. The van der Waals surface area contributed by atoms with Gasteiger partial charge in [-0.25, -0.2) is 0 Å². The fourth-order valence-corrected chi connectivity index (χ4v) is 3.17. The fraction of sp³-hybridized carbons (Fsp3) is 0.438. The molecule has 1 saturated carbocycles. The van der Waals surface area contributed by atoms with Crippen molar-refractivity contribution >= 4 is 22.1 Å². The molecule has 1 saturated heterocycles. The minimum atomic E-state index is 0.363. The van der Waals surface area contributed by atoms with Gasteiger partial charge >= 0.3 is 0 Å². The van der Waals surface area contributed by atoms with E-state index in [2.05, 4.69) is 22.4 Å². The lowest BCUT2D eigenvalue weighted by atomic mass is 10.0. The fourth-order valence-electron chi connectivity index (χ4n) is 3.17. The molecule has 4 rings (SSSR count). The van der Waals surface area contributed by atoms with Crippen LogP contribution in [0.15, 0.2) is 30.6 Å². The van der Waals surface area contributed by atoms with E-state index in [1.54, 1.807) is 6.20 Å². The Hall–Kier alpha value is -1.81. The van der Waals surface area contributed by atoms with Gasteiger partial charge in [0.25, 0.3) is 0 Å².